The third-order valence-corrected chi connectivity index (χ3v) is 4.65. The monoisotopic (exact) mass is 350 g/mol. The van der Waals surface area contributed by atoms with E-state index in [4.69, 9.17) is 0 Å². The summed E-state index contributed by atoms with van der Waals surface area (Å²) in [6.45, 7) is 2.37. The zero-order valence-electron chi connectivity index (χ0n) is 14.3. The van der Waals surface area contributed by atoms with Crippen LogP contribution in [0, 0.1) is 6.92 Å². The number of aromatic amines is 1. The van der Waals surface area contributed by atoms with E-state index in [1.165, 1.54) is 16.8 Å². The second-order valence-electron chi connectivity index (χ2n) is 6.56. The fourth-order valence-corrected chi connectivity index (χ4v) is 3.02. The minimum Gasteiger partial charge on any atom is -0.348 e. The quantitative estimate of drug-likeness (QED) is 0.748. The summed E-state index contributed by atoms with van der Waals surface area (Å²) in [5.74, 6) is -0.314. The molecule has 0 spiro atoms. The van der Waals surface area contributed by atoms with E-state index in [-0.39, 0.29) is 22.9 Å². The van der Waals surface area contributed by atoms with Gasteiger partial charge in [0.25, 0.3) is 11.5 Å². The fourth-order valence-electron chi connectivity index (χ4n) is 3.02. The van der Waals surface area contributed by atoms with Gasteiger partial charge in [-0.1, -0.05) is 24.3 Å². The van der Waals surface area contributed by atoms with Gasteiger partial charge in [0.2, 0.25) is 0 Å². The predicted octanol–water partition coefficient (Wildman–Crippen LogP) is 1.66. The first kappa shape index (κ1) is 16.3. The summed E-state index contributed by atoms with van der Waals surface area (Å²) in [7, 11) is 0. The van der Waals surface area contributed by atoms with Crippen LogP contribution in [0.15, 0.2) is 46.1 Å². The van der Waals surface area contributed by atoms with Crippen molar-refractivity contribution in [2.75, 3.05) is 0 Å². The second kappa shape index (κ2) is 6.25. The average molecular weight is 350 g/mol. The van der Waals surface area contributed by atoms with Crippen LogP contribution < -0.4 is 16.6 Å². The van der Waals surface area contributed by atoms with Gasteiger partial charge in [-0.3, -0.25) is 19.1 Å². The molecule has 1 saturated carbocycles. The Hall–Kier alpha value is -3.22. The number of fused-ring (bicyclic) bond motifs is 1. The molecule has 2 heterocycles. The SMILES string of the molecule is Cc1ccccc1CNC(=O)c1cnc2c(c1)c(=O)[nH]c(=O)n2C1CC1. The van der Waals surface area contributed by atoms with Gasteiger partial charge in [-0.05, 0) is 37.0 Å². The molecule has 0 radical (unpaired) electrons. The number of rotatable bonds is 4. The van der Waals surface area contributed by atoms with E-state index in [1.54, 1.807) is 0 Å². The summed E-state index contributed by atoms with van der Waals surface area (Å²) in [4.78, 5) is 43.2. The highest BCUT2D eigenvalue weighted by atomic mass is 16.2. The van der Waals surface area contributed by atoms with Crippen LogP contribution in [0.4, 0.5) is 0 Å². The summed E-state index contributed by atoms with van der Waals surface area (Å²) >= 11 is 0. The molecule has 1 fully saturated rings. The van der Waals surface area contributed by atoms with Crippen LogP contribution in [0.25, 0.3) is 11.0 Å². The van der Waals surface area contributed by atoms with E-state index in [0.717, 1.165) is 24.0 Å². The highest BCUT2D eigenvalue weighted by Gasteiger charge is 2.27. The smallest absolute Gasteiger partial charge is 0.330 e. The molecule has 1 amide bonds. The van der Waals surface area contributed by atoms with Crippen molar-refractivity contribution < 1.29 is 4.79 Å². The molecule has 1 aliphatic carbocycles. The van der Waals surface area contributed by atoms with E-state index in [9.17, 15) is 14.4 Å². The van der Waals surface area contributed by atoms with Crippen LogP contribution in [-0.2, 0) is 6.54 Å². The van der Waals surface area contributed by atoms with Gasteiger partial charge < -0.3 is 5.32 Å². The Morgan fingerprint density at radius 3 is 2.81 bits per heavy atom. The van der Waals surface area contributed by atoms with Gasteiger partial charge >= 0.3 is 5.69 Å². The Bertz CT molecular complexity index is 1130. The molecule has 0 atom stereocenters. The molecular formula is C19H18N4O3. The van der Waals surface area contributed by atoms with E-state index < -0.39 is 11.2 Å². The molecule has 132 valence electrons. The van der Waals surface area contributed by atoms with E-state index in [1.807, 2.05) is 31.2 Å². The molecule has 2 aromatic heterocycles. The number of H-pyrrole nitrogens is 1. The van der Waals surface area contributed by atoms with Crippen LogP contribution in [0.5, 0.6) is 0 Å². The Morgan fingerprint density at radius 2 is 2.08 bits per heavy atom. The zero-order valence-corrected chi connectivity index (χ0v) is 14.3. The maximum absolute atomic E-state index is 12.5. The van der Waals surface area contributed by atoms with Crippen LogP contribution in [-0.4, -0.2) is 20.4 Å². The first-order valence-corrected chi connectivity index (χ1v) is 8.52. The largest absolute Gasteiger partial charge is 0.348 e. The highest BCUT2D eigenvalue weighted by Crippen LogP contribution is 2.34. The van der Waals surface area contributed by atoms with Gasteiger partial charge in [-0.15, -0.1) is 0 Å². The lowest BCUT2D eigenvalue weighted by molar-refractivity contribution is 0.0950. The maximum atomic E-state index is 12.5. The molecule has 7 heteroatoms. The number of nitrogens with zero attached hydrogens (tertiary/aromatic N) is 2. The minimum absolute atomic E-state index is 0.0788. The molecule has 0 aliphatic heterocycles. The summed E-state index contributed by atoms with van der Waals surface area (Å²) in [6.07, 6.45) is 3.19. The standard InChI is InChI=1S/C19H18N4O3/c1-11-4-2-3-5-12(11)9-21-17(24)13-8-15-16(20-10-13)23(14-6-7-14)19(26)22-18(15)25/h2-5,8,10,14H,6-7,9H2,1H3,(H,21,24)(H,22,25,26). The predicted molar refractivity (Wildman–Crippen MR) is 97.2 cm³/mol. The van der Waals surface area contributed by atoms with Crippen molar-refractivity contribution in [3.8, 4) is 0 Å². The average Bonchev–Trinajstić information content (AvgIpc) is 3.45. The second-order valence-corrected chi connectivity index (χ2v) is 6.56. The first-order valence-electron chi connectivity index (χ1n) is 8.52. The Kier molecular flexibility index (Phi) is 3.91. The topological polar surface area (TPSA) is 96.8 Å². The van der Waals surface area contributed by atoms with Gasteiger partial charge in [0.1, 0.15) is 5.65 Å². The first-order chi connectivity index (χ1) is 12.5. The number of hydrogen-bond donors (Lipinski definition) is 2. The van der Waals surface area contributed by atoms with E-state index in [0.29, 0.717) is 12.2 Å². The van der Waals surface area contributed by atoms with Gasteiger partial charge in [-0.2, -0.15) is 0 Å². The number of benzene rings is 1. The summed E-state index contributed by atoms with van der Waals surface area (Å²) in [5.41, 5.74) is 1.76. The molecule has 3 aromatic rings. The Balaban J connectivity index is 1.65. The number of aryl methyl sites for hydroxylation is 1. The van der Waals surface area contributed by atoms with Gasteiger partial charge in [0.15, 0.2) is 0 Å². The van der Waals surface area contributed by atoms with Crippen molar-refractivity contribution in [3.05, 3.63) is 74.1 Å². The van der Waals surface area contributed by atoms with Crippen LogP contribution in [0.2, 0.25) is 0 Å². The lowest BCUT2D eigenvalue weighted by atomic mass is 10.1. The lowest BCUT2D eigenvalue weighted by Crippen LogP contribution is -2.31. The van der Waals surface area contributed by atoms with Crippen molar-refractivity contribution in [1.29, 1.82) is 0 Å². The number of carbonyl (C=O) groups is 1. The van der Waals surface area contributed by atoms with Crippen molar-refractivity contribution >= 4 is 16.9 Å². The lowest BCUT2D eigenvalue weighted by Gasteiger charge is -2.10. The van der Waals surface area contributed by atoms with E-state index >= 15 is 0 Å². The molecular weight excluding hydrogens is 332 g/mol. The molecule has 0 saturated heterocycles. The minimum atomic E-state index is -0.525. The number of nitrogens with one attached hydrogen (secondary N) is 2. The molecule has 7 nitrogen and oxygen atoms in total. The zero-order chi connectivity index (χ0) is 18.3. The summed E-state index contributed by atoms with van der Waals surface area (Å²) < 4.78 is 1.51. The Labute approximate surface area is 148 Å². The summed E-state index contributed by atoms with van der Waals surface area (Å²) in [6, 6.07) is 9.37. The number of carbonyl (C=O) groups excluding carboxylic acids is 1. The maximum Gasteiger partial charge on any atom is 0.330 e. The third kappa shape index (κ3) is 2.92. The van der Waals surface area contributed by atoms with Crippen molar-refractivity contribution in [2.45, 2.75) is 32.4 Å². The molecule has 1 aliphatic rings. The van der Waals surface area contributed by atoms with Crippen LogP contribution >= 0.6 is 0 Å². The molecule has 0 unspecified atom stereocenters. The van der Waals surface area contributed by atoms with Crippen LogP contribution in [0.3, 0.4) is 0 Å². The van der Waals surface area contributed by atoms with Crippen molar-refractivity contribution in [2.24, 2.45) is 0 Å². The molecule has 0 bridgehead atoms. The van der Waals surface area contributed by atoms with E-state index in [2.05, 4.69) is 15.3 Å². The highest BCUT2D eigenvalue weighted by molar-refractivity contribution is 5.96. The van der Waals surface area contributed by atoms with Crippen LogP contribution in [0.1, 0.15) is 40.4 Å². The Morgan fingerprint density at radius 1 is 1.31 bits per heavy atom. The normalized spacial score (nSPS) is 13.7. The molecule has 2 N–H and O–H groups in total. The number of hydrogen-bond acceptors (Lipinski definition) is 4. The number of amides is 1. The summed E-state index contributed by atoms with van der Waals surface area (Å²) in [5, 5.41) is 3.09. The molecule has 4 rings (SSSR count). The van der Waals surface area contributed by atoms with Gasteiger partial charge in [0, 0.05) is 18.8 Å². The van der Waals surface area contributed by atoms with Crippen molar-refractivity contribution in [3.63, 3.8) is 0 Å². The van der Waals surface area contributed by atoms with Gasteiger partial charge in [-0.25, -0.2) is 9.78 Å². The third-order valence-electron chi connectivity index (χ3n) is 4.65. The fraction of sp³-hybridized carbons (Fsp3) is 0.263. The molecule has 1 aromatic carbocycles. The molecule has 26 heavy (non-hydrogen) atoms. The van der Waals surface area contributed by atoms with Crippen molar-refractivity contribution in [1.82, 2.24) is 19.9 Å². The van der Waals surface area contributed by atoms with Gasteiger partial charge in [0.05, 0.1) is 10.9 Å². The number of aromatic nitrogens is 3. The number of pyridine rings is 1.